The van der Waals surface area contributed by atoms with Crippen LogP contribution in [0.3, 0.4) is 0 Å². The van der Waals surface area contributed by atoms with Gasteiger partial charge in [-0.1, -0.05) is 34.6 Å². The number of fused-ring (bicyclic) bond motifs is 1. The van der Waals surface area contributed by atoms with Crippen LogP contribution in [0.25, 0.3) is 22.3 Å². The number of hydrogen-bond donors (Lipinski definition) is 1. The molecule has 7 nitrogen and oxygen atoms in total. The monoisotopic (exact) mass is 530 g/mol. The van der Waals surface area contributed by atoms with E-state index >= 15 is 0 Å². The zero-order chi connectivity index (χ0) is 27.3. The lowest BCUT2D eigenvalue weighted by Gasteiger charge is -2.37. The van der Waals surface area contributed by atoms with E-state index in [4.69, 9.17) is 18.9 Å². The van der Waals surface area contributed by atoms with Crippen LogP contribution < -0.4 is 14.4 Å². The lowest BCUT2D eigenvalue weighted by Crippen LogP contribution is -2.31. The molecular weight excluding hydrogens is 492 g/mol. The molecule has 2 aromatic carbocycles. The van der Waals surface area contributed by atoms with E-state index < -0.39 is 0 Å². The second kappa shape index (κ2) is 11.6. The van der Waals surface area contributed by atoms with E-state index in [1.54, 1.807) is 14.2 Å². The highest BCUT2D eigenvalue weighted by Gasteiger charge is 2.34. The molecule has 0 spiro atoms. The minimum atomic E-state index is 0.112. The minimum Gasteiger partial charge on any atom is -0.497 e. The summed E-state index contributed by atoms with van der Waals surface area (Å²) in [5.41, 5.74) is 5.71. The van der Waals surface area contributed by atoms with Crippen LogP contribution in [0.15, 0.2) is 61.1 Å². The lowest BCUT2D eigenvalue weighted by molar-refractivity contribution is 0.244. The van der Waals surface area contributed by atoms with Gasteiger partial charge in [-0.15, -0.1) is 0 Å². The zero-order valence-corrected chi connectivity index (χ0v) is 24.5. The van der Waals surface area contributed by atoms with Crippen molar-refractivity contribution in [3.05, 3.63) is 61.1 Å². The summed E-state index contributed by atoms with van der Waals surface area (Å²) in [7, 11) is 3.78. The van der Waals surface area contributed by atoms with E-state index in [0.29, 0.717) is 16.4 Å². The number of hydrogen-bond acceptors (Lipinski definition) is 6. The van der Waals surface area contributed by atoms with Crippen LogP contribution in [0.1, 0.15) is 41.0 Å². The van der Waals surface area contributed by atoms with Gasteiger partial charge in [0, 0.05) is 60.7 Å². The highest BCUT2D eigenvalue weighted by atomic mass is 28.2. The minimum absolute atomic E-state index is 0.112. The van der Waals surface area contributed by atoms with Crippen LogP contribution in [-0.2, 0) is 4.43 Å². The lowest BCUT2D eigenvalue weighted by atomic mass is 9.82. The van der Waals surface area contributed by atoms with Crippen LogP contribution in [0.5, 0.6) is 11.5 Å². The van der Waals surface area contributed by atoms with Crippen molar-refractivity contribution >= 4 is 32.2 Å². The molecule has 0 bridgehead atoms. The Morgan fingerprint density at radius 2 is 1.63 bits per heavy atom. The van der Waals surface area contributed by atoms with Crippen LogP contribution in [-0.4, -0.2) is 52.1 Å². The topological polar surface area (TPSA) is 72.5 Å². The number of H-pyrrole nitrogens is 1. The van der Waals surface area contributed by atoms with Crippen molar-refractivity contribution in [2.24, 2.45) is 5.41 Å². The second-order valence-corrected chi connectivity index (χ2v) is 12.7. The number of benzene rings is 2. The van der Waals surface area contributed by atoms with Crippen LogP contribution in [0.2, 0.25) is 5.04 Å². The molecule has 2 heterocycles. The summed E-state index contributed by atoms with van der Waals surface area (Å²) >= 11 is 0. The van der Waals surface area contributed by atoms with E-state index in [9.17, 15) is 0 Å². The number of aromatic amines is 1. The molecule has 4 rings (SSSR count). The smallest absolute Gasteiger partial charge is 0.236 e. The maximum atomic E-state index is 6.19. The van der Waals surface area contributed by atoms with Gasteiger partial charge in [-0.05, 0) is 41.1 Å². The molecule has 0 unspecified atom stereocenters. The summed E-state index contributed by atoms with van der Waals surface area (Å²) in [5.74, 6) is 1.48. The number of methoxy groups -OCH3 is 2. The SMILES string of the molecule is COc1cc(OC)cc(N(CCCO[Si]C(C)(C)C(C)(C)C)c2ccc3ncc(-c4cc[nH]c4)nc3c2)c1. The van der Waals surface area contributed by atoms with E-state index in [0.717, 1.165) is 58.1 Å². The van der Waals surface area contributed by atoms with Crippen LogP contribution in [0, 0.1) is 5.41 Å². The summed E-state index contributed by atoms with van der Waals surface area (Å²) in [6.45, 7) is 12.8. The van der Waals surface area contributed by atoms with Crippen molar-refractivity contribution in [3.63, 3.8) is 0 Å². The molecule has 0 aliphatic heterocycles. The third-order valence-electron chi connectivity index (χ3n) is 7.21. The average Bonchev–Trinajstić information content (AvgIpc) is 3.44. The van der Waals surface area contributed by atoms with Crippen LogP contribution >= 0.6 is 0 Å². The molecule has 4 aromatic rings. The van der Waals surface area contributed by atoms with Gasteiger partial charge in [-0.25, -0.2) is 4.98 Å². The predicted octanol–water partition coefficient (Wildman–Crippen LogP) is 7.05. The first-order valence-corrected chi connectivity index (χ1v) is 13.8. The van der Waals surface area contributed by atoms with Crippen molar-refractivity contribution < 1.29 is 13.9 Å². The molecule has 0 amide bonds. The van der Waals surface area contributed by atoms with Gasteiger partial charge in [0.05, 0.1) is 37.1 Å². The fraction of sp³-hybridized carbons (Fsp3) is 0.400. The standard InChI is InChI=1S/C30H38N4O3Si/c1-29(2,3)30(4,5)38-37-14-8-13-34(23-15-24(35-6)18-25(16-23)36-7)22-9-10-26-27(17-22)33-28(20-32-26)21-11-12-31-19-21/h9-12,15-20,31H,8,13-14H2,1-7H3. The summed E-state index contributed by atoms with van der Waals surface area (Å²) in [6.07, 6.45) is 6.49. The van der Waals surface area contributed by atoms with Gasteiger partial charge in [0.15, 0.2) is 0 Å². The van der Waals surface area contributed by atoms with Crippen molar-refractivity contribution in [2.45, 2.75) is 46.1 Å². The first-order valence-electron chi connectivity index (χ1n) is 12.9. The molecule has 0 aliphatic rings. The molecule has 0 fully saturated rings. The number of anilines is 2. The third-order valence-corrected chi connectivity index (χ3v) is 8.82. The quantitative estimate of drug-likeness (QED) is 0.165. The van der Waals surface area contributed by atoms with Gasteiger partial charge in [-0.2, -0.15) is 0 Å². The largest absolute Gasteiger partial charge is 0.497 e. The predicted molar refractivity (Wildman–Crippen MR) is 156 cm³/mol. The highest BCUT2D eigenvalue weighted by molar-refractivity contribution is 6.32. The van der Waals surface area contributed by atoms with Gasteiger partial charge in [0.1, 0.15) is 11.5 Å². The Bertz CT molecular complexity index is 1330. The Morgan fingerprint density at radius 1 is 0.895 bits per heavy atom. The Balaban J connectivity index is 1.62. The molecule has 8 heteroatoms. The second-order valence-electron chi connectivity index (χ2n) is 10.9. The Labute approximate surface area is 228 Å². The van der Waals surface area contributed by atoms with E-state index in [1.807, 2.05) is 48.9 Å². The first-order chi connectivity index (χ1) is 18.1. The van der Waals surface area contributed by atoms with Crippen molar-refractivity contribution in [2.75, 3.05) is 32.3 Å². The van der Waals surface area contributed by atoms with Crippen molar-refractivity contribution in [1.29, 1.82) is 0 Å². The summed E-state index contributed by atoms with van der Waals surface area (Å²) < 4.78 is 17.3. The molecular formula is C30H38N4O3Si. The molecule has 0 saturated heterocycles. The molecule has 1 N–H and O–H groups in total. The number of nitrogens with zero attached hydrogens (tertiary/aromatic N) is 3. The molecule has 0 atom stereocenters. The van der Waals surface area contributed by atoms with Crippen molar-refractivity contribution in [1.82, 2.24) is 15.0 Å². The normalized spacial score (nSPS) is 12.1. The highest BCUT2D eigenvalue weighted by Crippen LogP contribution is 2.43. The van der Waals surface area contributed by atoms with E-state index in [-0.39, 0.29) is 10.5 Å². The van der Waals surface area contributed by atoms with E-state index in [2.05, 4.69) is 61.6 Å². The molecule has 0 saturated carbocycles. The van der Waals surface area contributed by atoms with Crippen molar-refractivity contribution in [3.8, 4) is 22.8 Å². The van der Waals surface area contributed by atoms with Gasteiger partial charge >= 0.3 is 0 Å². The van der Waals surface area contributed by atoms with Crippen LogP contribution in [0.4, 0.5) is 11.4 Å². The van der Waals surface area contributed by atoms with Gasteiger partial charge < -0.3 is 23.8 Å². The van der Waals surface area contributed by atoms with Gasteiger partial charge in [-0.3, -0.25) is 4.98 Å². The Kier molecular flexibility index (Phi) is 8.43. The fourth-order valence-electron chi connectivity index (χ4n) is 3.82. The molecule has 0 aliphatic carbocycles. The van der Waals surface area contributed by atoms with Gasteiger partial charge in [0.25, 0.3) is 0 Å². The summed E-state index contributed by atoms with van der Waals surface area (Å²) in [6, 6.07) is 14.1. The number of nitrogens with one attached hydrogen (secondary N) is 1. The first kappa shape index (κ1) is 27.7. The zero-order valence-electron chi connectivity index (χ0n) is 23.5. The van der Waals surface area contributed by atoms with Gasteiger partial charge in [0.2, 0.25) is 9.76 Å². The molecule has 38 heavy (non-hydrogen) atoms. The number of ether oxygens (including phenoxy) is 2. The molecule has 2 radical (unpaired) electrons. The summed E-state index contributed by atoms with van der Waals surface area (Å²) in [4.78, 5) is 14.9. The number of aromatic nitrogens is 3. The fourth-order valence-corrected chi connectivity index (χ4v) is 4.74. The molecule has 200 valence electrons. The maximum Gasteiger partial charge on any atom is 0.236 e. The molecule has 2 aromatic heterocycles. The maximum absolute atomic E-state index is 6.19. The Hall–Kier alpha value is -3.36. The summed E-state index contributed by atoms with van der Waals surface area (Å²) in [5, 5.41) is 0.112. The average molecular weight is 531 g/mol. The number of rotatable bonds is 11. The third kappa shape index (κ3) is 6.37. The van der Waals surface area contributed by atoms with E-state index in [1.165, 1.54) is 0 Å². The Morgan fingerprint density at radius 3 is 2.26 bits per heavy atom.